The zero-order chi connectivity index (χ0) is 20.0. The normalized spacial score (nSPS) is 15.7. The highest BCUT2D eigenvalue weighted by Gasteiger charge is 2.33. The first-order valence-corrected chi connectivity index (χ1v) is 9.57. The summed E-state index contributed by atoms with van der Waals surface area (Å²) < 4.78 is 1.62. The summed E-state index contributed by atoms with van der Waals surface area (Å²) in [5.74, 6) is 0.467. The molecule has 1 aromatic heterocycles. The molecule has 0 spiro atoms. The Morgan fingerprint density at radius 1 is 0.862 bits per heavy atom. The molecule has 5 heteroatoms. The van der Waals surface area contributed by atoms with E-state index in [-0.39, 0.29) is 17.5 Å². The summed E-state index contributed by atoms with van der Waals surface area (Å²) in [7, 11) is 1.78. The fourth-order valence-electron chi connectivity index (χ4n) is 4.03. The number of hydrogen-bond acceptors (Lipinski definition) is 3. The Labute approximate surface area is 167 Å². The van der Waals surface area contributed by atoms with Gasteiger partial charge in [0.15, 0.2) is 0 Å². The van der Waals surface area contributed by atoms with Gasteiger partial charge < -0.3 is 4.90 Å². The number of para-hydroxylation sites is 2. The van der Waals surface area contributed by atoms with Crippen molar-refractivity contribution in [2.24, 2.45) is 0 Å². The molecule has 0 saturated carbocycles. The molecule has 3 aromatic carbocycles. The molecule has 0 fully saturated rings. The Morgan fingerprint density at radius 3 is 2.38 bits per heavy atom. The van der Waals surface area contributed by atoms with E-state index in [2.05, 4.69) is 0 Å². The maximum absolute atomic E-state index is 13.5. The highest BCUT2D eigenvalue weighted by atomic mass is 16.2. The number of aromatic nitrogens is 2. The average Bonchev–Trinajstić information content (AvgIpc) is 2.85. The lowest BCUT2D eigenvalue weighted by atomic mass is 10.0. The zero-order valence-electron chi connectivity index (χ0n) is 15.9. The molecule has 1 atom stereocenters. The van der Waals surface area contributed by atoms with Crippen LogP contribution in [-0.2, 0) is 6.42 Å². The first kappa shape index (κ1) is 17.4. The number of hydrogen-bond donors (Lipinski definition) is 0. The average molecular weight is 381 g/mol. The molecule has 29 heavy (non-hydrogen) atoms. The van der Waals surface area contributed by atoms with Gasteiger partial charge in [0.2, 0.25) is 0 Å². The largest absolute Gasteiger partial charge is 0.331 e. The Bertz CT molecular complexity index is 1290. The number of fused-ring (bicyclic) bond motifs is 4. The third-order valence-electron chi connectivity index (χ3n) is 5.53. The summed E-state index contributed by atoms with van der Waals surface area (Å²) >= 11 is 0. The number of nitrogens with zero attached hydrogens (tertiary/aromatic N) is 3. The molecule has 0 unspecified atom stereocenters. The molecule has 0 N–H and O–H groups in total. The maximum Gasteiger partial charge on any atom is 0.266 e. The third kappa shape index (κ3) is 2.74. The van der Waals surface area contributed by atoms with E-state index in [9.17, 15) is 9.59 Å². The van der Waals surface area contributed by atoms with E-state index >= 15 is 0 Å². The molecular weight excluding hydrogens is 362 g/mol. The van der Waals surface area contributed by atoms with Crippen LogP contribution in [0.3, 0.4) is 0 Å². The summed E-state index contributed by atoms with van der Waals surface area (Å²) in [6.45, 7) is 0. The van der Waals surface area contributed by atoms with Gasteiger partial charge in [-0.2, -0.15) is 0 Å². The topological polar surface area (TPSA) is 55.2 Å². The predicted octanol–water partition coefficient (Wildman–Crippen LogP) is 3.76. The first-order valence-electron chi connectivity index (χ1n) is 9.57. The predicted molar refractivity (Wildman–Crippen MR) is 112 cm³/mol. The van der Waals surface area contributed by atoms with Crippen molar-refractivity contribution in [3.63, 3.8) is 0 Å². The van der Waals surface area contributed by atoms with Crippen LogP contribution in [-0.4, -0.2) is 27.4 Å². The van der Waals surface area contributed by atoms with Crippen LogP contribution in [0.5, 0.6) is 0 Å². The molecule has 0 saturated heterocycles. The SMILES string of the molecule is CN1C(=O)c2ccccc2-n2c(nc3ccccc3c2=O)[C@@H]1Cc1ccccc1. The molecule has 0 aliphatic carbocycles. The molecule has 1 aliphatic rings. The van der Waals surface area contributed by atoms with Crippen LogP contribution in [0.1, 0.15) is 27.8 Å². The standard InChI is InChI=1S/C24H19N3O2/c1-26-21(15-16-9-3-2-4-10-16)22-25-19-13-7-5-11-17(19)24(29)27(22)20-14-8-6-12-18(20)23(26)28/h2-14,21H,15H2,1H3/t21-/m0/s1. The molecule has 1 aliphatic heterocycles. The van der Waals surface area contributed by atoms with E-state index < -0.39 is 0 Å². The minimum atomic E-state index is -0.366. The number of benzene rings is 3. The van der Waals surface area contributed by atoms with Crippen molar-refractivity contribution < 1.29 is 4.79 Å². The molecule has 142 valence electrons. The number of likely N-dealkylation sites (N-methyl/N-ethyl adjacent to an activating group) is 1. The van der Waals surface area contributed by atoms with Crippen molar-refractivity contribution in [1.29, 1.82) is 0 Å². The van der Waals surface area contributed by atoms with Crippen LogP contribution in [0.4, 0.5) is 0 Å². The number of rotatable bonds is 2. The van der Waals surface area contributed by atoms with E-state index in [1.54, 1.807) is 28.6 Å². The van der Waals surface area contributed by atoms with Crippen LogP contribution in [0.15, 0.2) is 83.7 Å². The van der Waals surface area contributed by atoms with E-state index in [0.29, 0.717) is 34.4 Å². The number of amides is 1. The minimum absolute atomic E-state index is 0.115. The zero-order valence-corrected chi connectivity index (χ0v) is 15.9. The van der Waals surface area contributed by atoms with Crippen molar-refractivity contribution in [1.82, 2.24) is 14.5 Å². The van der Waals surface area contributed by atoms with Gasteiger partial charge in [0.1, 0.15) is 5.82 Å². The Kier molecular flexibility index (Phi) is 4.02. The van der Waals surface area contributed by atoms with E-state index in [1.165, 1.54) is 0 Å². The van der Waals surface area contributed by atoms with Gasteiger partial charge in [-0.05, 0) is 29.8 Å². The van der Waals surface area contributed by atoms with Gasteiger partial charge in [0.05, 0.1) is 28.2 Å². The summed E-state index contributed by atoms with van der Waals surface area (Å²) in [4.78, 5) is 33.4. The van der Waals surface area contributed by atoms with Crippen molar-refractivity contribution >= 4 is 16.8 Å². The summed E-state index contributed by atoms with van der Waals surface area (Å²) in [5, 5.41) is 0.543. The lowest BCUT2D eigenvalue weighted by Gasteiger charge is -2.26. The van der Waals surface area contributed by atoms with Crippen molar-refractivity contribution in [2.75, 3.05) is 7.05 Å². The summed E-state index contributed by atoms with van der Waals surface area (Å²) in [6.07, 6.45) is 0.571. The molecule has 2 heterocycles. The van der Waals surface area contributed by atoms with Crippen LogP contribution in [0, 0.1) is 0 Å². The van der Waals surface area contributed by atoms with Gasteiger partial charge in [-0.3, -0.25) is 14.2 Å². The van der Waals surface area contributed by atoms with Crippen LogP contribution in [0.25, 0.3) is 16.6 Å². The van der Waals surface area contributed by atoms with Gasteiger partial charge in [0, 0.05) is 13.5 Å². The lowest BCUT2D eigenvalue weighted by Crippen LogP contribution is -2.33. The van der Waals surface area contributed by atoms with Gasteiger partial charge in [0.25, 0.3) is 11.5 Å². The minimum Gasteiger partial charge on any atom is -0.331 e. The Morgan fingerprint density at radius 2 is 1.55 bits per heavy atom. The van der Waals surface area contributed by atoms with Crippen molar-refractivity contribution in [3.8, 4) is 5.69 Å². The lowest BCUT2D eigenvalue weighted by molar-refractivity contribution is 0.0729. The number of carbonyl (C=O) groups excluding carboxylic acids is 1. The summed E-state index contributed by atoms with van der Waals surface area (Å²) in [6, 6.07) is 24.2. The molecule has 1 amide bonds. The van der Waals surface area contributed by atoms with Crippen molar-refractivity contribution in [3.05, 3.63) is 106 Å². The quantitative estimate of drug-likeness (QED) is 0.531. The highest BCUT2D eigenvalue weighted by Crippen LogP contribution is 2.31. The fourth-order valence-corrected chi connectivity index (χ4v) is 4.03. The second kappa shape index (κ2) is 6.71. The fraction of sp³-hybridized carbons (Fsp3) is 0.125. The Hall–Kier alpha value is -3.73. The van der Waals surface area contributed by atoms with Gasteiger partial charge in [-0.1, -0.05) is 54.6 Å². The van der Waals surface area contributed by atoms with Crippen LogP contribution in [0.2, 0.25) is 0 Å². The van der Waals surface area contributed by atoms with Crippen LogP contribution < -0.4 is 5.56 Å². The second-order valence-electron chi connectivity index (χ2n) is 7.27. The third-order valence-corrected chi connectivity index (χ3v) is 5.53. The Balaban J connectivity index is 1.84. The van der Waals surface area contributed by atoms with Gasteiger partial charge in [-0.15, -0.1) is 0 Å². The molecule has 5 nitrogen and oxygen atoms in total. The molecule has 0 bridgehead atoms. The molecule has 4 aromatic rings. The van der Waals surface area contributed by atoms with Gasteiger partial charge >= 0.3 is 0 Å². The highest BCUT2D eigenvalue weighted by molar-refractivity contribution is 5.98. The first-order chi connectivity index (χ1) is 14.1. The smallest absolute Gasteiger partial charge is 0.266 e. The van der Waals surface area contributed by atoms with E-state index in [1.807, 2.05) is 66.7 Å². The maximum atomic E-state index is 13.5. The van der Waals surface area contributed by atoms with E-state index in [0.717, 1.165) is 5.56 Å². The monoisotopic (exact) mass is 381 g/mol. The molecule has 5 rings (SSSR count). The van der Waals surface area contributed by atoms with Crippen molar-refractivity contribution in [2.45, 2.75) is 12.5 Å². The second-order valence-corrected chi connectivity index (χ2v) is 7.27. The number of carbonyl (C=O) groups is 1. The molecular formula is C24H19N3O2. The molecule has 0 radical (unpaired) electrons. The van der Waals surface area contributed by atoms with E-state index in [4.69, 9.17) is 4.98 Å². The summed E-state index contributed by atoms with van der Waals surface area (Å²) in [5.41, 5.74) is 2.66. The van der Waals surface area contributed by atoms with Crippen LogP contribution >= 0.6 is 0 Å². The van der Waals surface area contributed by atoms with Gasteiger partial charge in [-0.25, -0.2) is 4.98 Å².